The van der Waals surface area contributed by atoms with E-state index in [1.807, 2.05) is 12.6 Å². The van der Waals surface area contributed by atoms with E-state index in [9.17, 15) is 0 Å². The summed E-state index contributed by atoms with van der Waals surface area (Å²) < 4.78 is 0. The minimum absolute atomic E-state index is 0.267. The Kier molecular flexibility index (Phi) is 3.67. The van der Waals surface area contributed by atoms with Gasteiger partial charge in [0.05, 0.1) is 17.2 Å². The molecule has 3 rings (SSSR count). The molecule has 0 radical (unpaired) electrons. The number of thiazole rings is 1. The number of aryl methyl sites for hydroxylation is 1. The maximum Gasteiger partial charge on any atom is 0.0798 e. The first-order valence-electron chi connectivity index (χ1n) is 6.96. The molecule has 1 aromatic heterocycles. The monoisotopic (exact) mass is 272 g/mol. The van der Waals surface area contributed by atoms with Gasteiger partial charge in [-0.15, -0.1) is 11.3 Å². The first kappa shape index (κ1) is 12.8. The molecule has 1 atom stereocenters. The average Bonchev–Trinajstić information content (AvgIpc) is 2.77. The van der Waals surface area contributed by atoms with Crippen LogP contribution in [0.1, 0.15) is 52.9 Å². The van der Waals surface area contributed by atoms with Crippen molar-refractivity contribution in [3.8, 4) is 0 Å². The third-order valence-corrected chi connectivity index (χ3v) is 5.18. The smallest absolute Gasteiger partial charge is 0.0798 e. The van der Waals surface area contributed by atoms with Crippen LogP contribution in [0.4, 0.5) is 0 Å². The van der Waals surface area contributed by atoms with E-state index in [1.165, 1.54) is 35.3 Å². The molecule has 2 aromatic rings. The molecule has 0 saturated heterocycles. The topological polar surface area (TPSA) is 24.9 Å². The van der Waals surface area contributed by atoms with Crippen molar-refractivity contribution in [2.45, 2.75) is 38.1 Å². The molecule has 1 aromatic carbocycles. The summed E-state index contributed by atoms with van der Waals surface area (Å²) in [5.41, 5.74) is 5.90. The molecular weight excluding hydrogens is 252 g/mol. The van der Waals surface area contributed by atoms with Crippen LogP contribution in [0, 0.1) is 6.92 Å². The van der Waals surface area contributed by atoms with Crippen molar-refractivity contribution in [3.63, 3.8) is 0 Å². The van der Waals surface area contributed by atoms with E-state index < -0.39 is 0 Å². The Morgan fingerprint density at radius 2 is 2.00 bits per heavy atom. The van der Waals surface area contributed by atoms with Crippen molar-refractivity contribution in [1.29, 1.82) is 0 Å². The van der Waals surface area contributed by atoms with Crippen LogP contribution in [0.5, 0.6) is 0 Å². The highest BCUT2D eigenvalue weighted by Crippen LogP contribution is 2.37. The Labute approximate surface area is 118 Å². The van der Waals surface area contributed by atoms with E-state index in [0.29, 0.717) is 0 Å². The number of hydrogen-bond acceptors (Lipinski definition) is 3. The Hall–Kier alpha value is -1.19. The third-order valence-electron chi connectivity index (χ3n) is 4.18. The molecule has 1 saturated carbocycles. The van der Waals surface area contributed by atoms with Gasteiger partial charge in [-0.1, -0.05) is 30.7 Å². The predicted molar refractivity (Wildman–Crippen MR) is 80.8 cm³/mol. The van der Waals surface area contributed by atoms with Crippen LogP contribution in [0.25, 0.3) is 0 Å². The predicted octanol–water partition coefficient (Wildman–Crippen LogP) is 4.03. The number of hydrogen-bond donors (Lipinski definition) is 1. The van der Waals surface area contributed by atoms with Crippen molar-refractivity contribution in [2.75, 3.05) is 7.05 Å². The number of rotatable bonds is 4. The average molecular weight is 272 g/mol. The van der Waals surface area contributed by atoms with Gasteiger partial charge in [-0.2, -0.15) is 0 Å². The van der Waals surface area contributed by atoms with Gasteiger partial charge in [0.2, 0.25) is 0 Å². The van der Waals surface area contributed by atoms with Gasteiger partial charge in [-0.05, 0) is 43.9 Å². The number of nitrogens with one attached hydrogen (secondary N) is 1. The zero-order valence-electron chi connectivity index (χ0n) is 11.5. The summed E-state index contributed by atoms with van der Waals surface area (Å²) in [5.74, 6) is 0.812. The van der Waals surface area contributed by atoms with Crippen molar-refractivity contribution in [1.82, 2.24) is 10.3 Å². The van der Waals surface area contributed by atoms with Crippen LogP contribution in [0.2, 0.25) is 0 Å². The Morgan fingerprint density at radius 3 is 2.47 bits per heavy atom. The molecule has 1 unspecified atom stereocenters. The summed E-state index contributed by atoms with van der Waals surface area (Å²) in [5, 5.41) is 3.41. The van der Waals surface area contributed by atoms with Gasteiger partial charge in [-0.25, -0.2) is 4.98 Å². The lowest BCUT2D eigenvalue weighted by molar-refractivity contribution is 0.419. The van der Waals surface area contributed by atoms with E-state index >= 15 is 0 Å². The summed E-state index contributed by atoms with van der Waals surface area (Å²) in [6, 6.07) is 9.42. The first-order valence-corrected chi connectivity index (χ1v) is 7.84. The van der Waals surface area contributed by atoms with Crippen LogP contribution in [-0.4, -0.2) is 12.0 Å². The lowest BCUT2D eigenvalue weighted by Crippen LogP contribution is -2.17. The van der Waals surface area contributed by atoms with Crippen molar-refractivity contribution in [2.24, 2.45) is 0 Å². The highest BCUT2D eigenvalue weighted by atomic mass is 32.1. The molecule has 19 heavy (non-hydrogen) atoms. The molecule has 0 spiro atoms. The van der Waals surface area contributed by atoms with Crippen LogP contribution >= 0.6 is 11.3 Å². The number of aromatic nitrogens is 1. The van der Waals surface area contributed by atoms with Crippen molar-refractivity contribution < 1.29 is 0 Å². The molecule has 100 valence electrons. The Bertz CT molecular complexity index is 540. The lowest BCUT2D eigenvalue weighted by Gasteiger charge is -2.26. The van der Waals surface area contributed by atoms with E-state index in [0.717, 1.165) is 11.6 Å². The highest BCUT2D eigenvalue weighted by molar-refractivity contribution is 7.09. The highest BCUT2D eigenvalue weighted by Gasteiger charge is 2.20. The quantitative estimate of drug-likeness (QED) is 0.909. The van der Waals surface area contributed by atoms with Gasteiger partial charge in [-0.3, -0.25) is 0 Å². The number of nitrogens with zero attached hydrogens (tertiary/aromatic N) is 1. The Morgan fingerprint density at radius 1 is 1.26 bits per heavy atom. The van der Waals surface area contributed by atoms with Crippen LogP contribution in [0.3, 0.4) is 0 Å². The zero-order chi connectivity index (χ0) is 13.2. The molecule has 1 fully saturated rings. The minimum Gasteiger partial charge on any atom is -0.309 e. The maximum absolute atomic E-state index is 4.36. The minimum atomic E-state index is 0.267. The first-order chi connectivity index (χ1) is 9.29. The molecule has 0 amide bonds. The molecule has 1 N–H and O–H groups in total. The van der Waals surface area contributed by atoms with Gasteiger partial charge in [0.25, 0.3) is 0 Å². The molecule has 0 aliphatic heterocycles. The van der Waals surface area contributed by atoms with Crippen molar-refractivity contribution in [3.05, 3.63) is 51.5 Å². The maximum atomic E-state index is 4.36. The van der Waals surface area contributed by atoms with E-state index in [2.05, 4.69) is 41.5 Å². The second-order valence-electron chi connectivity index (χ2n) is 5.32. The third kappa shape index (κ3) is 2.45. The summed E-state index contributed by atoms with van der Waals surface area (Å²) in [7, 11) is 2.02. The fraction of sp³-hybridized carbons (Fsp3) is 0.438. The van der Waals surface area contributed by atoms with Gasteiger partial charge in [0, 0.05) is 4.88 Å². The Balaban J connectivity index is 1.85. The fourth-order valence-corrected chi connectivity index (χ4v) is 3.68. The summed E-state index contributed by atoms with van der Waals surface area (Å²) in [6.45, 7) is 2.08. The molecule has 3 heteroatoms. The van der Waals surface area contributed by atoms with Crippen molar-refractivity contribution >= 4 is 11.3 Å². The van der Waals surface area contributed by atoms with Gasteiger partial charge >= 0.3 is 0 Å². The van der Waals surface area contributed by atoms with E-state index in [4.69, 9.17) is 0 Å². The summed E-state index contributed by atoms with van der Waals surface area (Å²) in [6.07, 6.45) is 4.12. The zero-order valence-corrected chi connectivity index (χ0v) is 12.3. The van der Waals surface area contributed by atoms with Crippen LogP contribution in [-0.2, 0) is 0 Å². The standard InChI is InChI=1S/C16H20N2S/c1-11-16(19-10-18-11)15(17-2)14-8-6-13(7-9-14)12-4-3-5-12/h6-10,12,15,17H,3-5H2,1-2H3. The second kappa shape index (κ2) is 5.43. The summed E-state index contributed by atoms with van der Waals surface area (Å²) >= 11 is 1.73. The van der Waals surface area contributed by atoms with Crippen LogP contribution in [0.15, 0.2) is 29.8 Å². The van der Waals surface area contributed by atoms with Gasteiger partial charge in [0.15, 0.2) is 0 Å². The van der Waals surface area contributed by atoms with E-state index in [-0.39, 0.29) is 6.04 Å². The molecule has 2 nitrogen and oxygen atoms in total. The molecule has 1 aliphatic rings. The molecule has 0 bridgehead atoms. The SMILES string of the molecule is CNC(c1ccc(C2CCC2)cc1)c1scnc1C. The largest absolute Gasteiger partial charge is 0.309 e. The summed E-state index contributed by atoms with van der Waals surface area (Å²) in [4.78, 5) is 5.68. The van der Waals surface area contributed by atoms with E-state index in [1.54, 1.807) is 11.3 Å². The van der Waals surface area contributed by atoms with Gasteiger partial charge in [0.1, 0.15) is 0 Å². The fourth-order valence-electron chi connectivity index (χ4n) is 2.74. The van der Waals surface area contributed by atoms with Gasteiger partial charge < -0.3 is 5.32 Å². The lowest BCUT2D eigenvalue weighted by atomic mass is 9.80. The molecule has 1 heterocycles. The number of benzene rings is 1. The normalized spacial score (nSPS) is 17.2. The second-order valence-corrected chi connectivity index (χ2v) is 6.20. The van der Waals surface area contributed by atoms with Crippen LogP contribution < -0.4 is 5.32 Å². The molecule has 1 aliphatic carbocycles. The molecular formula is C16H20N2S.